The van der Waals surface area contributed by atoms with Gasteiger partial charge in [-0.25, -0.2) is 0 Å². The average molecular weight is 263 g/mol. The van der Waals surface area contributed by atoms with Crippen LogP contribution >= 0.6 is 0 Å². The largest absolute Gasteiger partial charge is 0.496 e. The molecular weight excluding hydrogens is 238 g/mol. The molecule has 0 fully saturated rings. The number of hydrogen-bond donors (Lipinski definition) is 2. The van der Waals surface area contributed by atoms with E-state index in [1.54, 1.807) is 7.11 Å². The SMILES string of the molecule is CCC(C)NC(N)=NCCc1ccc(C)c(OC)c1. The summed E-state index contributed by atoms with van der Waals surface area (Å²) in [5.74, 6) is 1.45. The summed E-state index contributed by atoms with van der Waals surface area (Å²) in [6.07, 6.45) is 1.89. The Morgan fingerprint density at radius 2 is 2.21 bits per heavy atom. The van der Waals surface area contributed by atoms with E-state index in [9.17, 15) is 0 Å². The van der Waals surface area contributed by atoms with Gasteiger partial charge in [0.25, 0.3) is 0 Å². The second-order valence-corrected chi connectivity index (χ2v) is 4.77. The molecule has 0 aliphatic rings. The summed E-state index contributed by atoms with van der Waals surface area (Å²) in [5, 5.41) is 3.15. The third kappa shape index (κ3) is 5.20. The lowest BCUT2D eigenvalue weighted by Gasteiger charge is -2.11. The van der Waals surface area contributed by atoms with Gasteiger partial charge in [0.05, 0.1) is 7.11 Å². The molecule has 1 atom stereocenters. The number of nitrogens with two attached hydrogens (primary N) is 1. The zero-order valence-electron chi connectivity index (χ0n) is 12.4. The Bertz CT molecular complexity index is 429. The number of aliphatic imine (C=N–C) groups is 1. The topological polar surface area (TPSA) is 59.6 Å². The molecule has 1 aromatic rings. The van der Waals surface area contributed by atoms with Crippen molar-refractivity contribution >= 4 is 5.96 Å². The summed E-state index contributed by atoms with van der Waals surface area (Å²) in [6.45, 7) is 6.92. The Kier molecular flexibility index (Phi) is 6.19. The minimum absolute atomic E-state index is 0.364. The molecular formula is C15H25N3O. The lowest BCUT2D eigenvalue weighted by Crippen LogP contribution is -2.38. The molecule has 0 aliphatic heterocycles. The van der Waals surface area contributed by atoms with E-state index >= 15 is 0 Å². The minimum Gasteiger partial charge on any atom is -0.496 e. The molecule has 0 spiro atoms. The van der Waals surface area contributed by atoms with Gasteiger partial charge in [0, 0.05) is 12.6 Å². The number of aryl methyl sites for hydroxylation is 1. The number of benzene rings is 1. The lowest BCUT2D eigenvalue weighted by atomic mass is 10.1. The van der Waals surface area contributed by atoms with Gasteiger partial charge >= 0.3 is 0 Å². The zero-order valence-corrected chi connectivity index (χ0v) is 12.4. The highest BCUT2D eigenvalue weighted by atomic mass is 16.5. The third-order valence-electron chi connectivity index (χ3n) is 3.16. The van der Waals surface area contributed by atoms with E-state index < -0.39 is 0 Å². The summed E-state index contributed by atoms with van der Waals surface area (Å²) in [7, 11) is 1.69. The van der Waals surface area contributed by atoms with Crippen molar-refractivity contribution in [1.82, 2.24) is 5.32 Å². The van der Waals surface area contributed by atoms with Gasteiger partial charge in [-0.2, -0.15) is 0 Å². The van der Waals surface area contributed by atoms with Crippen molar-refractivity contribution in [3.05, 3.63) is 29.3 Å². The number of nitrogens with zero attached hydrogens (tertiary/aromatic N) is 1. The first-order valence-corrected chi connectivity index (χ1v) is 6.76. The summed E-state index contributed by atoms with van der Waals surface area (Å²) < 4.78 is 5.31. The first-order valence-electron chi connectivity index (χ1n) is 6.76. The predicted molar refractivity (Wildman–Crippen MR) is 80.8 cm³/mol. The first-order chi connectivity index (χ1) is 9.06. The fourth-order valence-corrected chi connectivity index (χ4v) is 1.73. The smallest absolute Gasteiger partial charge is 0.188 e. The zero-order chi connectivity index (χ0) is 14.3. The molecule has 1 aromatic carbocycles. The molecule has 4 nitrogen and oxygen atoms in total. The van der Waals surface area contributed by atoms with Gasteiger partial charge in [-0.15, -0.1) is 0 Å². The average Bonchev–Trinajstić information content (AvgIpc) is 2.40. The van der Waals surface area contributed by atoms with Crippen LogP contribution in [0.5, 0.6) is 5.75 Å². The van der Waals surface area contributed by atoms with Crippen LogP contribution in [0.3, 0.4) is 0 Å². The molecule has 1 rings (SSSR count). The van der Waals surface area contributed by atoms with Crippen LogP contribution in [0.25, 0.3) is 0 Å². The van der Waals surface area contributed by atoms with Crippen molar-refractivity contribution < 1.29 is 4.74 Å². The van der Waals surface area contributed by atoms with Crippen LogP contribution in [0.2, 0.25) is 0 Å². The van der Waals surface area contributed by atoms with Crippen LogP contribution in [-0.4, -0.2) is 25.7 Å². The Morgan fingerprint density at radius 1 is 1.47 bits per heavy atom. The molecule has 0 saturated heterocycles. The van der Waals surface area contributed by atoms with Crippen molar-refractivity contribution in [2.75, 3.05) is 13.7 Å². The van der Waals surface area contributed by atoms with Crippen molar-refractivity contribution in [1.29, 1.82) is 0 Å². The Labute approximate surface area is 116 Å². The van der Waals surface area contributed by atoms with Crippen molar-refractivity contribution in [2.45, 2.75) is 39.7 Å². The normalized spacial score (nSPS) is 13.2. The molecule has 3 N–H and O–H groups in total. The Balaban J connectivity index is 2.50. The third-order valence-corrected chi connectivity index (χ3v) is 3.16. The molecule has 106 valence electrons. The second-order valence-electron chi connectivity index (χ2n) is 4.77. The van der Waals surface area contributed by atoms with Gasteiger partial charge in [-0.3, -0.25) is 4.99 Å². The lowest BCUT2D eigenvalue weighted by molar-refractivity contribution is 0.411. The van der Waals surface area contributed by atoms with Crippen molar-refractivity contribution in [3.8, 4) is 5.75 Å². The van der Waals surface area contributed by atoms with E-state index in [-0.39, 0.29) is 0 Å². The number of rotatable bonds is 6. The van der Waals surface area contributed by atoms with E-state index in [1.165, 1.54) is 5.56 Å². The molecule has 0 bridgehead atoms. The Morgan fingerprint density at radius 3 is 2.84 bits per heavy atom. The van der Waals surface area contributed by atoms with Gasteiger partial charge in [0.15, 0.2) is 5.96 Å². The van der Waals surface area contributed by atoms with E-state index in [1.807, 2.05) is 6.92 Å². The highest BCUT2D eigenvalue weighted by molar-refractivity contribution is 5.78. The fourth-order valence-electron chi connectivity index (χ4n) is 1.73. The molecule has 0 amide bonds. The summed E-state index contributed by atoms with van der Waals surface area (Å²) in [4.78, 5) is 4.33. The van der Waals surface area contributed by atoms with E-state index in [4.69, 9.17) is 10.5 Å². The maximum absolute atomic E-state index is 5.81. The fraction of sp³-hybridized carbons (Fsp3) is 0.533. The molecule has 0 heterocycles. The van der Waals surface area contributed by atoms with Crippen LogP contribution in [0.4, 0.5) is 0 Å². The molecule has 0 aromatic heterocycles. The van der Waals surface area contributed by atoms with Crippen LogP contribution in [0.15, 0.2) is 23.2 Å². The summed E-state index contributed by atoms with van der Waals surface area (Å²) in [6, 6.07) is 6.59. The van der Waals surface area contributed by atoms with Crippen molar-refractivity contribution in [3.63, 3.8) is 0 Å². The number of hydrogen-bond acceptors (Lipinski definition) is 2. The monoisotopic (exact) mass is 263 g/mol. The predicted octanol–water partition coefficient (Wildman–Crippen LogP) is 2.25. The van der Waals surface area contributed by atoms with Gasteiger partial charge in [-0.1, -0.05) is 19.1 Å². The number of nitrogens with one attached hydrogen (secondary N) is 1. The standard InChI is InChI=1S/C15H25N3O/c1-5-12(3)18-15(16)17-9-8-13-7-6-11(2)14(10-13)19-4/h6-7,10,12H,5,8-9H2,1-4H3,(H3,16,17,18). The van der Waals surface area contributed by atoms with Crippen LogP contribution in [-0.2, 0) is 6.42 Å². The van der Waals surface area contributed by atoms with Crippen LogP contribution < -0.4 is 15.8 Å². The van der Waals surface area contributed by atoms with E-state index in [0.717, 1.165) is 24.2 Å². The summed E-state index contributed by atoms with van der Waals surface area (Å²) in [5.41, 5.74) is 8.17. The van der Waals surface area contributed by atoms with Gasteiger partial charge in [0.1, 0.15) is 5.75 Å². The molecule has 0 radical (unpaired) electrons. The van der Waals surface area contributed by atoms with Gasteiger partial charge in [0.2, 0.25) is 0 Å². The van der Waals surface area contributed by atoms with Gasteiger partial charge < -0.3 is 15.8 Å². The maximum Gasteiger partial charge on any atom is 0.188 e. The highest BCUT2D eigenvalue weighted by Gasteiger charge is 2.01. The van der Waals surface area contributed by atoms with E-state index in [0.29, 0.717) is 18.5 Å². The quantitative estimate of drug-likeness (QED) is 0.611. The van der Waals surface area contributed by atoms with Crippen molar-refractivity contribution in [2.24, 2.45) is 10.7 Å². The molecule has 19 heavy (non-hydrogen) atoms. The van der Waals surface area contributed by atoms with Gasteiger partial charge in [-0.05, 0) is 43.9 Å². The van der Waals surface area contributed by atoms with E-state index in [2.05, 4.69) is 42.4 Å². The molecule has 1 unspecified atom stereocenters. The minimum atomic E-state index is 0.364. The molecule has 0 aliphatic carbocycles. The second kappa shape index (κ2) is 7.67. The van der Waals surface area contributed by atoms with Crippen LogP contribution in [0, 0.1) is 6.92 Å². The number of guanidine groups is 1. The maximum atomic E-state index is 5.81. The Hall–Kier alpha value is -1.71. The molecule has 4 heteroatoms. The summed E-state index contributed by atoms with van der Waals surface area (Å²) >= 11 is 0. The highest BCUT2D eigenvalue weighted by Crippen LogP contribution is 2.19. The molecule has 0 saturated carbocycles. The first kappa shape index (κ1) is 15.3. The number of methoxy groups -OCH3 is 1. The van der Waals surface area contributed by atoms with Crippen LogP contribution in [0.1, 0.15) is 31.4 Å². The number of ether oxygens (including phenoxy) is 1.